The number of carbonyl (C=O) groups excluding carboxylic acids is 1. The van der Waals surface area contributed by atoms with Gasteiger partial charge in [-0.2, -0.15) is 0 Å². The van der Waals surface area contributed by atoms with E-state index in [9.17, 15) is 19.7 Å². The first-order chi connectivity index (χ1) is 14.7. The average Bonchev–Trinajstić information content (AvgIpc) is 3.28. The van der Waals surface area contributed by atoms with Crippen molar-refractivity contribution in [3.05, 3.63) is 46.1 Å². The van der Waals surface area contributed by atoms with Crippen molar-refractivity contribution in [3.63, 3.8) is 0 Å². The SMILES string of the molecule is C[C@]1(COc2ccc(C(=O)N3CCN(C(=O)O)CC3)cc2)Cn2cc([N+](=O)[O-])nc2O1. The minimum Gasteiger partial charge on any atom is -0.489 e. The van der Waals surface area contributed by atoms with Gasteiger partial charge in [0.25, 0.3) is 5.91 Å². The van der Waals surface area contributed by atoms with Gasteiger partial charge in [0.1, 0.15) is 18.6 Å². The van der Waals surface area contributed by atoms with E-state index in [0.717, 1.165) is 0 Å². The fourth-order valence-corrected chi connectivity index (χ4v) is 3.57. The van der Waals surface area contributed by atoms with E-state index in [1.54, 1.807) is 33.7 Å². The van der Waals surface area contributed by atoms with Crippen LogP contribution in [-0.4, -0.2) is 79.8 Å². The molecular weight excluding hydrogens is 410 g/mol. The maximum atomic E-state index is 12.6. The lowest BCUT2D eigenvalue weighted by atomic mass is 10.1. The van der Waals surface area contributed by atoms with Crippen molar-refractivity contribution in [3.8, 4) is 11.8 Å². The highest BCUT2D eigenvalue weighted by Crippen LogP contribution is 2.31. The highest BCUT2D eigenvalue weighted by molar-refractivity contribution is 5.94. The van der Waals surface area contributed by atoms with E-state index in [4.69, 9.17) is 14.6 Å². The summed E-state index contributed by atoms with van der Waals surface area (Å²) in [7, 11) is 0. The number of hydrogen-bond acceptors (Lipinski definition) is 7. The van der Waals surface area contributed by atoms with Gasteiger partial charge in [-0.15, -0.1) is 0 Å². The molecule has 0 unspecified atom stereocenters. The summed E-state index contributed by atoms with van der Waals surface area (Å²) in [6.07, 6.45) is 0.354. The summed E-state index contributed by atoms with van der Waals surface area (Å²) < 4.78 is 13.1. The van der Waals surface area contributed by atoms with Crippen LogP contribution in [0.15, 0.2) is 30.5 Å². The number of nitro groups is 1. The third-order valence-electron chi connectivity index (χ3n) is 5.24. The molecule has 1 aromatic carbocycles. The predicted octanol–water partition coefficient (Wildman–Crippen LogP) is 1.46. The summed E-state index contributed by atoms with van der Waals surface area (Å²) in [5, 5.41) is 19.8. The molecule has 31 heavy (non-hydrogen) atoms. The van der Waals surface area contributed by atoms with E-state index >= 15 is 0 Å². The average molecular weight is 431 g/mol. The van der Waals surface area contributed by atoms with E-state index in [1.165, 1.54) is 11.1 Å². The Morgan fingerprint density at radius 3 is 2.45 bits per heavy atom. The number of aromatic nitrogens is 2. The number of rotatable bonds is 5. The van der Waals surface area contributed by atoms with Gasteiger partial charge in [-0.25, -0.2) is 4.79 Å². The molecule has 164 valence electrons. The Bertz CT molecular complexity index is 988. The molecule has 2 aliphatic rings. The van der Waals surface area contributed by atoms with Crippen LogP contribution in [0.1, 0.15) is 17.3 Å². The second-order valence-corrected chi connectivity index (χ2v) is 7.69. The molecule has 0 saturated carbocycles. The van der Waals surface area contributed by atoms with E-state index in [2.05, 4.69) is 4.98 Å². The second kappa shape index (κ2) is 7.78. The Balaban J connectivity index is 1.31. The molecule has 0 radical (unpaired) electrons. The lowest BCUT2D eigenvalue weighted by molar-refractivity contribution is -0.389. The molecular formula is C19H21N5O7. The molecule has 2 aromatic rings. The fraction of sp³-hybridized carbons (Fsp3) is 0.421. The van der Waals surface area contributed by atoms with Crippen molar-refractivity contribution < 1.29 is 29.1 Å². The van der Waals surface area contributed by atoms with E-state index in [0.29, 0.717) is 44.0 Å². The second-order valence-electron chi connectivity index (χ2n) is 7.69. The van der Waals surface area contributed by atoms with Crippen LogP contribution >= 0.6 is 0 Å². The Morgan fingerprint density at radius 2 is 1.87 bits per heavy atom. The maximum Gasteiger partial charge on any atom is 0.415 e. The molecule has 1 fully saturated rings. The maximum absolute atomic E-state index is 12.6. The number of ether oxygens (including phenoxy) is 2. The van der Waals surface area contributed by atoms with Crippen LogP contribution in [-0.2, 0) is 6.54 Å². The van der Waals surface area contributed by atoms with Crippen LogP contribution in [0.2, 0.25) is 0 Å². The highest BCUT2D eigenvalue weighted by Gasteiger charge is 2.41. The van der Waals surface area contributed by atoms with Crippen LogP contribution in [0.25, 0.3) is 0 Å². The van der Waals surface area contributed by atoms with Gasteiger partial charge in [0.05, 0.1) is 6.54 Å². The number of amides is 2. The Morgan fingerprint density at radius 1 is 1.23 bits per heavy atom. The van der Waals surface area contributed by atoms with Crippen LogP contribution in [0.4, 0.5) is 10.6 Å². The summed E-state index contributed by atoms with van der Waals surface area (Å²) in [6.45, 7) is 3.67. The number of imidazole rings is 1. The highest BCUT2D eigenvalue weighted by atomic mass is 16.6. The first-order valence-electron chi connectivity index (χ1n) is 9.65. The van der Waals surface area contributed by atoms with Crippen molar-refractivity contribution in [1.82, 2.24) is 19.4 Å². The molecule has 2 aliphatic heterocycles. The molecule has 4 rings (SSSR count). The molecule has 0 bridgehead atoms. The van der Waals surface area contributed by atoms with Gasteiger partial charge in [0.2, 0.25) is 0 Å². The van der Waals surface area contributed by atoms with Gasteiger partial charge in [-0.3, -0.25) is 9.36 Å². The van der Waals surface area contributed by atoms with Gasteiger partial charge in [-0.05, 0) is 36.1 Å². The molecule has 1 atom stereocenters. The zero-order valence-electron chi connectivity index (χ0n) is 16.8. The van der Waals surface area contributed by atoms with Crippen molar-refractivity contribution in [1.29, 1.82) is 0 Å². The first-order valence-corrected chi connectivity index (χ1v) is 9.65. The number of nitrogens with zero attached hydrogens (tertiary/aromatic N) is 5. The Labute approximate surface area is 176 Å². The number of carbonyl (C=O) groups is 2. The topological polar surface area (TPSA) is 140 Å². The zero-order valence-corrected chi connectivity index (χ0v) is 16.8. The minimum absolute atomic E-state index is 0.158. The van der Waals surface area contributed by atoms with Crippen LogP contribution in [0.5, 0.6) is 11.8 Å². The number of carboxylic acid groups (broad SMARTS) is 1. The van der Waals surface area contributed by atoms with Gasteiger partial charge in [-0.1, -0.05) is 0 Å². The number of benzene rings is 1. The molecule has 0 aliphatic carbocycles. The van der Waals surface area contributed by atoms with E-state index in [-0.39, 0.29) is 24.3 Å². The van der Waals surface area contributed by atoms with Crippen molar-refractivity contribution in [2.75, 3.05) is 32.8 Å². The normalized spacial score (nSPS) is 20.2. The van der Waals surface area contributed by atoms with Crippen LogP contribution in [0, 0.1) is 10.1 Å². The summed E-state index contributed by atoms with van der Waals surface area (Å²) >= 11 is 0. The largest absolute Gasteiger partial charge is 0.489 e. The summed E-state index contributed by atoms with van der Waals surface area (Å²) in [6, 6.07) is 6.87. The van der Waals surface area contributed by atoms with Crippen molar-refractivity contribution in [2.24, 2.45) is 0 Å². The van der Waals surface area contributed by atoms with E-state index < -0.39 is 16.6 Å². The molecule has 0 spiro atoms. The lowest BCUT2D eigenvalue weighted by Gasteiger charge is -2.33. The third kappa shape index (κ3) is 4.22. The number of piperazine rings is 1. The number of fused-ring (bicyclic) bond motifs is 1. The Hall–Kier alpha value is -3.83. The van der Waals surface area contributed by atoms with Gasteiger partial charge in [0.15, 0.2) is 5.60 Å². The smallest absolute Gasteiger partial charge is 0.415 e. The van der Waals surface area contributed by atoms with Gasteiger partial charge in [0, 0.05) is 36.7 Å². The standard InChI is InChI=1S/C19H21N5O7/c1-19(11-23-10-15(24(28)29)20-17(23)31-19)12-30-14-4-2-13(3-5-14)16(25)21-6-8-22(9-7-21)18(26)27/h2-5,10H,6-9,11-12H2,1H3,(H,26,27)/t19-/m1/s1. The quantitative estimate of drug-likeness (QED) is 0.554. The zero-order chi connectivity index (χ0) is 22.2. The molecule has 1 N–H and O–H groups in total. The molecule has 3 heterocycles. The fourth-order valence-electron chi connectivity index (χ4n) is 3.57. The molecule has 1 aromatic heterocycles. The predicted molar refractivity (Wildman–Crippen MR) is 105 cm³/mol. The monoisotopic (exact) mass is 431 g/mol. The third-order valence-corrected chi connectivity index (χ3v) is 5.24. The van der Waals surface area contributed by atoms with Gasteiger partial charge >= 0.3 is 17.9 Å². The van der Waals surface area contributed by atoms with E-state index in [1.807, 2.05) is 6.92 Å². The first kappa shape index (κ1) is 20.4. The molecule has 1 saturated heterocycles. The lowest BCUT2D eigenvalue weighted by Crippen LogP contribution is -2.50. The number of hydrogen-bond donors (Lipinski definition) is 1. The Kier molecular flexibility index (Phi) is 5.13. The minimum atomic E-state index is -0.977. The molecule has 2 amide bonds. The van der Waals surface area contributed by atoms with Gasteiger partial charge < -0.3 is 34.5 Å². The summed E-state index contributed by atoms with van der Waals surface area (Å²) in [5.74, 6) is 0.130. The van der Waals surface area contributed by atoms with Crippen LogP contribution < -0.4 is 9.47 Å². The molecule has 12 nitrogen and oxygen atoms in total. The summed E-state index contributed by atoms with van der Waals surface area (Å²) in [4.78, 5) is 40.6. The van der Waals surface area contributed by atoms with Crippen LogP contribution in [0.3, 0.4) is 0 Å². The molecule has 12 heteroatoms. The summed E-state index contributed by atoms with van der Waals surface area (Å²) in [5.41, 5.74) is -0.234. The van der Waals surface area contributed by atoms with Crippen molar-refractivity contribution >= 4 is 17.8 Å². The van der Waals surface area contributed by atoms with Crippen molar-refractivity contribution in [2.45, 2.75) is 19.1 Å².